The fourth-order valence-electron chi connectivity index (χ4n) is 0.647. The lowest BCUT2D eigenvalue weighted by molar-refractivity contribution is 0.0594. The summed E-state index contributed by atoms with van der Waals surface area (Å²) in [5.74, 6) is -0.425. The van der Waals surface area contributed by atoms with Gasteiger partial charge in [-0.2, -0.15) is 0 Å². The zero-order valence-electron chi connectivity index (χ0n) is 6.17. The number of hydrogen-bond acceptors (Lipinski definition) is 3. The van der Waals surface area contributed by atoms with Gasteiger partial charge in [-0.05, 0) is 15.9 Å². The van der Waals surface area contributed by atoms with Crippen molar-refractivity contribution in [3.8, 4) is 0 Å². The molecule has 5 heteroatoms. The Morgan fingerprint density at radius 1 is 1.82 bits per heavy atom. The second kappa shape index (κ2) is 3.04. The van der Waals surface area contributed by atoms with Gasteiger partial charge in [0, 0.05) is 13.2 Å². The molecule has 0 spiro atoms. The van der Waals surface area contributed by atoms with Crippen LogP contribution in [0, 0.1) is 0 Å². The molecule has 1 rings (SSSR count). The number of rotatable bonds is 1. The lowest BCUT2D eigenvalue weighted by Crippen LogP contribution is -2.00. The number of imidazole rings is 1. The molecule has 0 fully saturated rings. The van der Waals surface area contributed by atoms with Crippen LogP contribution in [0.1, 0.15) is 10.5 Å². The fourth-order valence-corrected chi connectivity index (χ4v) is 0.940. The molecular weight excluding hydrogens is 212 g/mol. The van der Waals surface area contributed by atoms with E-state index in [9.17, 15) is 4.79 Å². The van der Waals surface area contributed by atoms with E-state index >= 15 is 0 Å². The Hall–Kier alpha value is -0.840. The molecule has 0 unspecified atom stereocenters. The average Bonchev–Trinajstić information content (AvgIpc) is 2.31. The van der Waals surface area contributed by atoms with Gasteiger partial charge in [0.25, 0.3) is 0 Å². The monoisotopic (exact) mass is 218 g/mol. The number of esters is 1. The number of methoxy groups -OCH3 is 1. The molecule has 0 aliphatic carbocycles. The van der Waals surface area contributed by atoms with Crippen molar-refractivity contribution in [1.29, 1.82) is 0 Å². The van der Waals surface area contributed by atoms with E-state index in [1.807, 2.05) is 0 Å². The first-order valence-corrected chi connectivity index (χ1v) is 3.71. The van der Waals surface area contributed by atoms with Crippen molar-refractivity contribution in [2.45, 2.75) is 0 Å². The zero-order chi connectivity index (χ0) is 8.43. The highest BCUT2D eigenvalue weighted by molar-refractivity contribution is 9.10. The Labute approximate surface area is 72.3 Å². The molecule has 0 aliphatic rings. The molecule has 1 aromatic heterocycles. The molecule has 0 saturated heterocycles. The van der Waals surface area contributed by atoms with Crippen molar-refractivity contribution in [3.05, 3.63) is 16.6 Å². The normalized spacial score (nSPS) is 9.73. The van der Waals surface area contributed by atoms with Crippen LogP contribution >= 0.6 is 15.9 Å². The van der Waals surface area contributed by atoms with E-state index in [2.05, 4.69) is 25.7 Å². The van der Waals surface area contributed by atoms with Gasteiger partial charge < -0.3 is 9.30 Å². The maximum Gasteiger partial charge on any atom is 0.358 e. The SMILES string of the molecule is COC(=O)c1cn(C)c(Br)n1. The number of hydrogen-bond donors (Lipinski definition) is 0. The quantitative estimate of drug-likeness (QED) is 0.661. The summed E-state index contributed by atoms with van der Waals surface area (Å²) >= 11 is 3.16. The highest BCUT2D eigenvalue weighted by Crippen LogP contribution is 2.08. The molecule has 0 bridgehead atoms. The minimum Gasteiger partial charge on any atom is -0.464 e. The lowest BCUT2D eigenvalue weighted by atomic mass is 10.5. The minimum absolute atomic E-state index is 0.307. The predicted octanol–water partition coefficient (Wildman–Crippen LogP) is 0.969. The van der Waals surface area contributed by atoms with Crippen LogP contribution in [0.2, 0.25) is 0 Å². The van der Waals surface area contributed by atoms with Gasteiger partial charge in [-0.1, -0.05) is 0 Å². The molecule has 0 N–H and O–H groups in total. The fraction of sp³-hybridized carbons (Fsp3) is 0.333. The Balaban J connectivity index is 2.97. The first-order valence-electron chi connectivity index (χ1n) is 2.92. The van der Waals surface area contributed by atoms with Gasteiger partial charge in [-0.25, -0.2) is 9.78 Å². The number of carbonyl (C=O) groups excluding carboxylic acids is 1. The van der Waals surface area contributed by atoms with Crippen LogP contribution in [-0.4, -0.2) is 22.6 Å². The molecular formula is C6H7BrN2O2. The number of aryl methyl sites for hydroxylation is 1. The maximum absolute atomic E-state index is 10.9. The molecule has 1 aromatic rings. The second-order valence-corrected chi connectivity index (χ2v) is 2.71. The predicted molar refractivity (Wildman–Crippen MR) is 42.2 cm³/mol. The van der Waals surface area contributed by atoms with Crippen LogP contribution in [-0.2, 0) is 11.8 Å². The van der Waals surface area contributed by atoms with Crippen LogP contribution in [0.4, 0.5) is 0 Å². The first kappa shape index (κ1) is 8.26. The second-order valence-electron chi connectivity index (χ2n) is 2.00. The van der Waals surface area contributed by atoms with E-state index in [1.54, 1.807) is 17.8 Å². The molecule has 0 aliphatic heterocycles. The van der Waals surface area contributed by atoms with Gasteiger partial charge in [0.15, 0.2) is 10.4 Å². The molecule has 11 heavy (non-hydrogen) atoms. The largest absolute Gasteiger partial charge is 0.464 e. The van der Waals surface area contributed by atoms with Gasteiger partial charge >= 0.3 is 5.97 Å². The van der Waals surface area contributed by atoms with Crippen LogP contribution in [0.15, 0.2) is 10.9 Å². The van der Waals surface area contributed by atoms with E-state index < -0.39 is 5.97 Å². The van der Waals surface area contributed by atoms with E-state index in [0.29, 0.717) is 10.4 Å². The summed E-state index contributed by atoms with van der Waals surface area (Å²) in [4.78, 5) is 14.7. The zero-order valence-corrected chi connectivity index (χ0v) is 7.75. The van der Waals surface area contributed by atoms with Gasteiger partial charge in [0.1, 0.15) is 0 Å². The van der Waals surface area contributed by atoms with Crippen molar-refractivity contribution in [3.63, 3.8) is 0 Å². The highest BCUT2D eigenvalue weighted by atomic mass is 79.9. The highest BCUT2D eigenvalue weighted by Gasteiger charge is 2.10. The van der Waals surface area contributed by atoms with Gasteiger partial charge in [-0.15, -0.1) is 0 Å². The summed E-state index contributed by atoms with van der Waals surface area (Å²) in [6.45, 7) is 0. The molecule has 0 radical (unpaired) electrons. The third-order valence-corrected chi connectivity index (χ3v) is 1.95. The van der Waals surface area contributed by atoms with E-state index in [4.69, 9.17) is 0 Å². The molecule has 0 aromatic carbocycles. The third kappa shape index (κ3) is 1.59. The van der Waals surface area contributed by atoms with Crippen LogP contribution in [0.5, 0.6) is 0 Å². The van der Waals surface area contributed by atoms with Crippen LogP contribution in [0.25, 0.3) is 0 Å². The Bertz CT molecular complexity index is 263. The minimum atomic E-state index is -0.425. The van der Waals surface area contributed by atoms with E-state index in [-0.39, 0.29) is 0 Å². The van der Waals surface area contributed by atoms with Crippen molar-refractivity contribution in [2.24, 2.45) is 7.05 Å². The molecule has 0 saturated carbocycles. The van der Waals surface area contributed by atoms with Crippen molar-refractivity contribution >= 4 is 21.9 Å². The standard InChI is InChI=1S/C6H7BrN2O2/c1-9-3-4(5(10)11-2)8-6(9)7/h3H,1-2H3. The number of nitrogens with zero attached hydrogens (tertiary/aromatic N) is 2. The average molecular weight is 219 g/mol. The number of aromatic nitrogens is 2. The Kier molecular flexibility index (Phi) is 2.28. The Morgan fingerprint density at radius 3 is 2.82 bits per heavy atom. The summed E-state index contributed by atoms with van der Waals surface area (Å²) < 4.78 is 6.76. The van der Waals surface area contributed by atoms with Crippen LogP contribution in [0.3, 0.4) is 0 Å². The van der Waals surface area contributed by atoms with Gasteiger partial charge in [-0.3, -0.25) is 0 Å². The first-order chi connectivity index (χ1) is 5.15. The molecule has 0 amide bonds. The van der Waals surface area contributed by atoms with E-state index in [1.165, 1.54) is 7.11 Å². The maximum atomic E-state index is 10.9. The van der Waals surface area contributed by atoms with Gasteiger partial charge in [0.2, 0.25) is 0 Å². The molecule has 4 nitrogen and oxygen atoms in total. The summed E-state index contributed by atoms with van der Waals surface area (Å²) in [5.41, 5.74) is 0.307. The van der Waals surface area contributed by atoms with Crippen molar-refractivity contribution in [1.82, 2.24) is 9.55 Å². The van der Waals surface area contributed by atoms with Crippen molar-refractivity contribution in [2.75, 3.05) is 7.11 Å². The lowest BCUT2D eigenvalue weighted by Gasteiger charge is -1.89. The van der Waals surface area contributed by atoms with Gasteiger partial charge in [0.05, 0.1) is 7.11 Å². The summed E-state index contributed by atoms with van der Waals surface area (Å²) in [6, 6.07) is 0. The summed E-state index contributed by atoms with van der Waals surface area (Å²) in [5, 5.41) is 0. The molecule has 1 heterocycles. The summed E-state index contributed by atoms with van der Waals surface area (Å²) in [7, 11) is 3.11. The number of ether oxygens (including phenoxy) is 1. The third-order valence-electron chi connectivity index (χ3n) is 1.21. The smallest absolute Gasteiger partial charge is 0.358 e. The van der Waals surface area contributed by atoms with Crippen molar-refractivity contribution < 1.29 is 9.53 Å². The molecule has 0 atom stereocenters. The van der Waals surface area contributed by atoms with E-state index in [0.717, 1.165) is 0 Å². The van der Waals surface area contributed by atoms with Crippen LogP contribution < -0.4 is 0 Å². The number of carbonyl (C=O) groups is 1. The number of halogens is 1. The Morgan fingerprint density at radius 2 is 2.45 bits per heavy atom. The molecule has 60 valence electrons. The summed E-state index contributed by atoms with van der Waals surface area (Å²) in [6.07, 6.45) is 1.59. The topological polar surface area (TPSA) is 44.1 Å².